The summed E-state index contributed by atoms with van der Waals surface area (Å²) in [5.41, 5.74) is 0. The van der Waals surface area contributed by atoms with E-state index in [2.05, 4.69) is 5.32 Å². The van der Waals surface area contributed by atoms with Crippen LogP contribution in [0.25, 0.3) is 0 Å². The van der Waals surface area contributed by atoms with Crippen LogP contribution in [-0.2, 0) is 14.6 Å². The Morgan fingerprint density at radius 1 is 1.32 bits per heavy atom. The molecule has 1 N–H and O–H groups in total. The average Bonchev–Trinajstić information content (AvgIpc) is 2.69. The zero-order valence-corrected chi connectivity index (χ0v) is 13.7. The third-order valence-corrected chi connectivity index (χ3v) is 6.11. The highest BCUT2D eigenvalue weighted by atomic mass is 35.5. The number of carbonyl (C=O) groups excluding carboxylic acids is 2. The van der Waals surface area contributed by atoms with Crippen molar-refractivity contribution in [3.8, 4) is 0 Å². The number of urea groups is 1. The van der Waals surface area contributed by atoms with Crippen LogP contribution in [0.4, 0.5) is 4.79 Å². The van der Waals surface area contributed by atoms with Crippen molar-refractivity contribution in [3.05, 3.63) is 29.3 Å². The molecule has 6 nitrogen and oxygen atoms in total. The van der Waals surface area contributed by atoms with Crippen LogP contribution in [0.5, 0.6) is 0 Å². The molecule has 0 bridgehead atoms. The number of halogens is 1. The monoisotopic (exact) mass is 344 g/mol. The van der Waals surface area contributed by atoms with Gasteiger partial charge in [0, 0.05) is 25.0 Å². The summed E-state index contributed by atoms with van der Waals surface area (Å²) in [5.74, 6) is -0.473. The normalized spacial score (nSPS) is 19.6. The van der Waals surface area contributed by atoms with Crippen LogP contribution in [0.2, 0.25) is 5.02 Å². The summed E-state index contributed by atoms with van der Waals surface area (Å²) >= 11 is 5.77. The van der Waals surface area contributed by atoms with E-state index in [1.807, 2.05) is 0 Å². The van der Waals surface area contributed by atoms with Gasteiger partial charge in [0.05, 0.1) is 10.1 Å². The number of nitrogens with one attached hydrogen (secondary N) is 1. The van der Waals surface area contributed by atoms with E-state index in [9.17, 15) is 18.0 Å². The molecule has 1 heterocycles. The Hall–Kier alpha value is -1.60. The Bertz CT molecular complexity index is 673. The molecule has 8 heteroatoms. The molecule has 0 aromatic heterocycles. The molecule has 1 unspecified atom stereocenters. The second-order valence-electron chi connectivity index (χ2n) is 5.07. The molecule has 0 saturated carbocycles. The molecule has 1 aliphatic rings. The molecule has 2 rings (SSSR count). The quantitative estimate of drug-likeness (QED) is 0.887. The molecule has 22 heavy (non-hydrogen) atoms. The summed E-state index contributed by atoms with van der Waals surface area (Å²) in [4.78, 5) is 25.0. The summed E-state index contributed by atoms with van der Waals surface area (Å²) < 4.78 is 25.3. The lowest BCUT2D eigenvalue weighted by atomic mass is 10.2. The van der Waals surface area contributed by atoms with Crippen molar-refractivity contribution in [1.29, 1.82) is 0 Å². The Kier molecular flexibility index (Phi) is 5.08. The van der Waals surface area contributed by atoms with Crippen LogP contribution < -0.4 is 5.32 Å². The van der Waals surface area contributed by atoms with Crippen molar-refractivity contribution in [2.24, 2.45) is 0 Å². The molecule has 1 aliphatic heterocycles. The maximum Gasteiger partial charge on any atom is 0.323 e. The Morgan fingerprint density at radius 2 is 1.95 bits per heavy atom. The number of nitrogens with zero attached hydrogens (tertiary/aromatic N) is 1. The van der Waals surface area contributed by atoms with E-state index >= 15 is 0 Å². The van der Waals surface area contributed by atoms with Gasteiger partial charge in [0.1, 0.15) is 0 Å². The predicted molar refractivity (Wildman–Crippen MR) is 82.4 cm³/mol. The van der Waals surface area contributed by atoms with Crippen molar-refractivity contribution in [2.75, 3.05) is 13.6 Å². The van der Waals surface area contributed by atoms with Gasteiger partial charge in [-0.25, -0.2) is 13.2 Å². The summed E-state index contributed by atoms with van der Waals surface area (Å²) in [6, 6.07) is 5.37. The van der Waals surface area contributed by atoms with Gasteiger partial charge < -0.3 is 5.32 Å². The Balaban J connectivity index is 2.24. The molecule has 1 atom stereocenters. The number of sulfone groups is 1. The van der Waals surface area contributed by atoms with Crippen LogP contribution in [0.3, 0.4) is 0 Å². The zero-order valence-electron chi connectivity index (χ0n) is 12.1. The van der Waals surface area contributed by atoms with Gasteiger partial charge in [-0.05, 0) is 37.1 Å². The predicted octanol–water partition coefficient (Wildman–Crippen LogP) is 1.83. The lowest BCUT2D eigenvalue weighted by Gasteiger charge is -2.18. The van der Waals surface area contributed by atoms with E-state index in [1.165, 1.54) is 31.3 Å². The minimum absolute atomic E-state index is 0.142. The average molecular weight is 345 g/mol. The molecule has 1 fully saturated rings. The van der Waals surface area contributed by atoms with E-state index in [0.717, 1.165) is 4.90 Å². The van der Waals surface area contributed by atoms with Crippen molar-refractivity contribution >= 4 is 33.4 Å². The Morgan fingerprint density at radius 3 is 2.55 bits per heavy atom. The van der Waals surface area contributed by atoms with Gasteiger partial charge in [0.2, 0.25) is 5.91 Å². The van der Waals surface area contributed by atoms with Gasteiger partial charge in [-0.3, -0.25) is 9.69 Å². The number of imide groups is 1. The fourth-order valence-corrected chi connectivity index (χ4v) is 4.31. The number of rotatable bonds is 2. The smallest absolute Gasteiger partial charge is 0.323 e. The number of amides is 3. The lowest BCUT2D eigenvalue weighted by molar-refractivity contribution is -0.127. The van der Waals surface area contributed by atoms with Crippen LogP contribution in [0.1, 0.15) is 19.3 Å². The highest BCUT2D eigenvalue weighted by Gasteiger charge is 2.35. The lowest BCUT2D eigenvalue weighted by Crippen LogP contribution is -2.42. The molecular weight excluding hydrogens is 328 g/mol. The van der Waals surface area contributed by atoms with Gasteiger partial charge >= 0.3 is 6.03 Å². The molecule has 0 radical (unpaired) electrons. The fourth-order valence-electron chi connectivity index (χ4n) is 2.44. The molecule has 120 valence electrons. The van der Waals surface area contributed by atoms with E-state index in [1.54, 1.807) is 0 Å². The fraction of sp³-hybridized carbons (Fsp3) is 0.429. The van der Waals surface area contributed by atoms with E-state index in [4.69, 9.17) is 11.6 Å². The third kappa shape index (κ3) is 3.41. The molecule has 3 amide bonds. The van der Waals surface area contributed by atoms with Crippen molar-refractivity contribution in [2.45, 2.75) is 29.4 Å². The number of likely N-dealkylation sites (tertiary alicyclic amines) is 1. The summed E-state index contributed by atoms with van der Waals surface area (Å²) in [5, 5.41) is 2.01. The first-order valence-corrected chi connectivity index (χ1v) is 8.80. The Labute approximate surface area is 134 Å². The first-order valence-electron chi connectivity index (χ1n) is 6.88. The van der Waals surface area contributed by atoms with Crippen molar-refractivity contribution in [3.63, 3.8) is 0 Å². The van der Waals surface area contributed by atoms with Crippen LogP contribution in [-0.4, -0.2) is 44.1 Å². The number of hydrogen-bond donors (Lipinski definition) is 1. The summed E-state index contributed by atoms with van der Waals surface area (Å²) in [6.45, 7) is 0.227. The molecule has 0 aliphatic carbocycles. The molecule has 1 aromatic rings. The minimum atomic E-state index is -3.63. The van der Waals surface area contributed by atoms with Gasteiger partial charge in [-0.15, -0.1) is 0 Å². The van der Waals surface area contributed by atoms with E-state index < -0.39 is 27.0 Å². The molecular formula is C14H17ClN2O4S. The van der Waals surface area contributed by atoms with E-state index in [-0.39, 0.29) is 17.9 Å². The number of carbonyl (C=O) groups is 2. The minimum Gasteiger partial charge on any atom is -0.341 e. The highest BCUT2D eigenvalue weighted by molar-refractivity contribution is 7.92. The molecule has 0 spiro atoms. The largest absolute Gasteiger partial charge is 0.341 e. The second-order valence-corrected chi connectivity index (χ2v) is 7.73. The van der Waals surface area contributed by atoms with Crippen molar-refractivity contribution < 1.29 is 18.0 Å². The summed E-state index contributed by atoms with van der Waals surface area (Å²) in [6.07, 6.45) is 0.596. The number of benzene rings is 1. The topological polar surface area (TPSA) is 83.6 Å². The maximum atomic E-state index is 12.6. The zero-order chi connectivity index (χ0) is 16.3. The second kappa shape index (κ2) is 6.66. The van der Waals surface area contributed by atoms with Crippen LogP contribution in [0, 0.1) is 0 Å². The molecule has 1 saturated heterocycles. The molecule has 1 aromatic carbocycles. The van der Waals surface area contributed by atoms with Gasteiger partial charge in [0.15, 0.2) is 9.84 Å². The van der Waals surface area contributed by atoms with Gasteiger partial charge in [0.25, 0.3) is 0 Å². The summed E-state index contributed by atoms with van der Waals surface area (Å²) in [7, 11) is -2.20. The van der Waals surface area contributed by atoms with Crippen molar-refractivity contribution in [1.82, 2.24) is 10.2 Å². The van der Waals surface area contributed by atoms with E-state index in [0.29, 0.717) is 17.9 Å². The van der Waals surface area contributed by atoms with Gasteiger partial charge in [-0.2, -0.15) is 0 Å². The third-order valence-electron chi connectivity index (χ3n) is 3.65. The van der Waals surface area contributed by atoms with Crippen LogP contribution in [0.15, 0.2) is 29.2 Å². The first kappa shape index (κ1) is 16.8. The SMILES string of the molecule is CNC(=O)N1CCCC(S(=O)(=O)c2ccc(Cl)cc2)CC1=O. The van der Waals surface area contributed by atoms with Gasteiger partial charge in [-0.1, -0.05) is 11.6 Å². The maximum absolute atomic E-state index is 12.6. The highest BCUT2D eigenvalue weighted by Crippen LogP contribution is 2.26. The van der Waals surface area contributed by atoms with Crippen LogP contribution >= 0.6 is 11.6 Å². The number of hydrogen-bond acceptors (Lipinski definition) is 4. The first-order chi connectivity index (χ1) is 10.4. The standard InChI is InChI=1S/C14H17ClN2O4S/c1-16-14(19)17-8-2-3-12(9-13(17)18)22(20,21)11-6-4-10(15)5-7-11/h4-7,12H,2-3,8-9H2,1H3,(H,16,19).